The van der Waals surface area contributed by atoms with Gasteiger partial charge >= 0.3 is 0 Å². The number of benzene rings is 3. The van der Waals surface area contributed by atoms with Gasteiger partial charge in [-0.05, 0) is 72.7 Å². The highest BCUT2D eigenvalue weighted by atomic mass is 16.5. The summed E-state index contributed by atoms with van der Waals surface area (Å²) in [6.07, 6.45) is 4.44. The lowest BCUT2D eigenvalue weighted by atomic mass is 9.95. The molecule has 5 rings (SSSR count). The fraction of sp³-hybridized carbons (Fsp3) is 0.185. The van der Waals surface area contributed by atoms with Gasteiger partial charge in [0.25, 0.3) is 11.8 Å². The van der Waals surface area contributed by atoms with Crippen LogP contribution >= 0.6 is 0 Å². The second kappa shape index (κ2) is 9.20. The highest BCUT2D eigenvalue weighted by molar-refractivity contribution is 5.99. The first-order valence-electron chi connectivity index (χ1n) is 11.2. The molecule has 0 bridgehead atoms. The summed E-state index contributed by atoms with van der Waals surface area (Å²) in [5.41, 5.74) is 11.2. The number of aromatic nitrogens is 1. The van der Waals surface area contributed by atoms with Crippen LogP contribution in [0.2, 0.25) is 0 Å². The van der Waals surface area contributed by atoms with Crippen LogP contribution in [0.15, 0.2) is 72.8 Å². The molecule has 0 saturated carbocycles. The maximum absolute atomic E-state index is 12.6. The smallest absolute Gasteiger partial charge is 0.276 e. The molecular weight excluding hydrogens is 414 g/mol. The standard InChI is InChI=1S/C27H25N3O3/c31-26(17-33-21-13-10-19(11-14-21)18-6-2-1-3-7-18)29-30-27(32)20-12-15-25-23(16-20)22-8-4-5-9-24(22)28-25/h1-3,6-7,10-16,28H,4-5,8-9,17H2,(H,29,31)(H,30,32). The van der Waals surface area contributed by atoms with Crippen molar-refractivity contribution < 1.29 is 14.3 Å². The van der Waals surface area contributed by atoms with E-state index in [0.29, 0.717) is 11.3 Å². The van der Waals surface area contributed by atoms with Gasteiger partial charge in [-0.1, -0.05) is 42.5 Å². The van der Waals surface area contributed by atoms with Crippen molar-refractivity contribution in [2.24, 2.45) is 0 Å². The number of fused-ring (bicyclic) bond motifs is 3. The average Bonchev–Trinajstić information content (AvgIpc) is 3.25. The van der Waals surface area contributed by atoms with Crippen LogP contribution < -0.4 is 15.6 Å². The molecule has 6 nitrogen and oxygen atoms in total. The third-order valence-electron chi connectivity index (χ3n) is 6.01. The predicted octanol–water partition coefficient (Wildman–Crippen LogP) is 4.55. The van der Waals surface area contributed by atoms with E-state index in [1.807, 2.05) is 66.7 Å². The molecule has 2 amide bonds. The first kappa shape index (κ1) is 20.8. The summed E-state index contributed by atoms with van der Waals surface area (Å²) in [5, 5.41) is 1.09. The molecule has 0 spiro atoms. The van der Waals surface area contributed by atoms with Crippen molar-refractivity contribution >= 4 is 22.7 Å². The lowest BCUT2D eigenvalue weighted by Gasteiger charge is -2.11. The maximum atomic E-state index is 12.6. The molecule has 0 radical (unpaired) electrons. The van der Waals surface area contributed by atoms with Gasteiger partial charge in [0, 0.05) is 22.2 Å². The second-order valence-corrected chi connectivity index (χ2v) is 8.23. The number of nitrogens with one attached hydrogen (secondary N) is 3. The predicted molar refractivity (Wildman–Crippen MR) is 128 cm³/mol. The molecule has 1 aliphatic carbocycles. The van der Waals surface area contributed by atoms with Crippen LogP contribution in [0, 0.1) is 0 Å². The quantitative estimate of drug-likeness (QED) is 0.399. The zero-order chi connectivity index (χ0) is 22.6. The van der Waals surface area contributed by atoms with Crippen molar-refractivity contribution in [1.29, 1.82) is 0 Å². The Hall–Kier alpha value is -4.06. The summed E-state index contributed by atoms with van der Waals surface area (Å²) in [7, 11) is 0. The Kier molecular flexibility index (Phi) is 5.81. The molecule has 0 saturated heterocycles. The lowest BCUT2D eigenvalue weighted by molar-refractivity contribution is -0.123. The van der Waals surface area contributed by atoms with Crippen LogP contribution in [-0.2, 0) is 17.6 Å². The van der Waals surface area contributed by atoms with Gasteiger partial charge in [-0.3, -0.25) is 20.4 Å². The minimum Gasteiger partial charge on any atom is -0.484 e. The Morgan fingerprint density at radius 1 is 0.848 bits per heavy atom. The van der Waals surface area contributed by atoms with E-state index in [1.165, 1.54) is 24.1 Å². The van der Waals surface area contributed by atoms with Crippen molar-refractivity contribution in [3.8, 4) is 16.9 Å². The fourth-order valence-corrected chi connectivity index (χ4v) is 4.31. The molecule has 0 atom stereocenters. The van der Waals surface area contributed by atoms with Crippen LogP contribution in [0.1, 0.15) is 34.5 Å². The fourth-order valence-electron chi connectivity index (χ4n) is 4.31. The van der Waals surface area contributed by atoms with E-state index in [0.717, 1.165) is 34.9 Å². The van der Waals surface area contributed by atoms with E-state index in [-0.39, 0.29) is 12.5 Å². The van der Waals surface area contributed by atoms with Gasteiger partial charge in [-0.2, -0.15) is 0 Å². The molecular formula is C27H25N3O3. The van der Waals surface area contributed by atoms with Crippen LogP contribution in [0.5, 0.6) is 5.75 Å². The topological polar surface area (TPSA) is 83.2 Å². The number of ether oxygens (including phenoxy) is 1. The third kappa shape index (κ3) is 4.60. The average molecular weight is 440 g/mol. The maximum Gasteiger partial charge on any atom is 0.276 e. The Labute approximate surface area is 191 Å². The molecule has 1 aromatic heterocycles. The second-order valence-electron chi connectivity index (χ2n) is 8.23. The summed E-state index contributed by atoms with van der Waals surface area (Å²) in [6, 6.07) is 23.1. The molecule has 166 valence electrons. The van der Waals surface area contributed by atoms with Gasteiger partial charge in [0.1, 0.15) is 5.75 Å². The molecule has 0 fully saturated rings. The monoisotopic (exact) mass is 439 g/mol. The number of aromatic amines is 1. The molecule has 3 aromatic carbocycles. The van der Waals surface area contributed by atoms with E-state index in [2.05, 4.69) is 15.8 Å². The van der Waals surface area contributed by atoms with Crippen molar-refractivity contribution in [2.45, 2.75) is 25.7 Å². The molecule has 6 heteroatoms. The summed E-state index contributed by atoms with van der Waals surface area (Å²) >= 11 is 0. The first-order valence-corrected chi connectivity index (χ1v) is 11.2. The van der Waals surface area contributed by atoms with Gasteiger partial charge in [0.15, 0.2) is 6.61 Å². The summed E-state index contributed by atoms with van der Waals surface area (Å²) < 4.78 is 5.54. The normalized spacial score (nSPS) is 12.7. The molecule has 0 unspecified atom stereocenters. The number of carbonyl (C=O) groups excluding carboxylic acids is 2. The Bertz CT molecular complexity index is 1290. The Morgan fingerprint density at radius 2 is 1.61 bits per heavy atom. The van der Waals surface area contributed by atoms with Gasteiger partial charge in [0.2, 0.25) is 0 Å². The minimum atomic E-state index is -0.435. The van der Waals surface area contributed by atoms with E-state index in [9.17, 15) is 9.59 Å². The van der Waals surface area contributed by atoms with Crippen LogP contribution in [0.3, 0.4) is 0 Å². The zero-order valence-corrected chi connectivity index (χ0v) is 18.2. The Balaban J connectivity index is 1.15. The number of rotatable bonds is 5. The zero-order valence-electron chi connectivity index (χ0n) is 18.2. The number of amides is 2. The number of hydrazine groups is 1. The Morgan fingerprint density at radius 3 is 2.42 bits per heavy atom. The minimum absolute atomic E-state index is 0.199. The highest BCUT2D eigenvalue weighted by Crippen LogP contribution is 2.29. The molecule has 3 N–H and O–H groups in total. The SMILES string of the molecule is O=C(COc1ccc(-c2ccccc2)cc1)NNC(=O)c1ccc2[nH]c3c(c2c1)CCCC3. The van der Waals surface area contributed by atoms with Crippen LogP contribution in [0.4, 0.5) is 0 Å². The largest absolute Gasteiger partial charge is 0.484 e. The van der Waals surface area contributed by atoms with Gasteiger partial charge in [0.05, 0.1) is 0 Å². The molecule has 1 aliphatic rings. The number of hydrogen-bond acceptors (Lipinski definition) is 3. The molecule has 4 aromatic rings. The van der Waals surface area contributed by atoms with Gasteiger partial charge in [-0.25, -0.2) is 0 Å². The molecule has 1 heterocycles. The van der Waals surface area contributed by atoms with E-state index >= 15 is 0 Å². The lowest BCUT2D eigenvalue weighted by Crippen LogP contribution is -2.43. The van der Waals surface area contributed by atoms with Crippen molar-refractivity contribution in [2.75, 3.05) is 6.61 Å². The van der Waals surface area contributed by atoms with Crippen molar-refractivity contribution in [3.05, 3.63) is 89.6 Å². The van der Waals surface area contributed by atoms with E-state index in [1.54, 1.807) is 6.07 Å². The molecule has 33 heavy (non-hydrogen) atoms. The third-order valence-corrected chi connectivity index (χ3v) is 6.01. The van der Waals surface area contributed by atoms with Gasteiger partial charge in [-0.15, -0.1) is 0 Å². The van der Waals surface area contributed by atoms with E-state index in [4.69, 9.17) is 4.74 Å². The first-order chi connectivity index (χ1) is 16.2. The van der Waals surface area contributed by atoms with Crippen LogP contribution in [0.25, 0.3) is 22.0 Å². The number of hydrogen-bond donors (Lipinski definition) is 3. The molecule has 0 aliphatic heterocycles. The number of carbonyl (C=O) groups is 2. The highest BCUT2D eigenvalue weighted by Gasteiger charge is 2.17. The number of H-pyrrole nitrogens is 1. The van der Waals surface area contributed by atoms with Crippen molar-refractivity contribution in [1.82, 2.24) is 15.8 Å². The summed E-state index contributed by atoms with van der Waals surface area (Å²) in [6.45, 7) is -0.199. The van der Waals surface area contributed by atoms with Gasteiger partial charge < -0.3 is 9.72 Å². The number of aryl methyl sites for hydroxylation is 2. The summed E-state index contributed by atoms with van der Waals surface area (Å²) in [5.74, 6) is -0.211. The van der Waals surface area contributed by atoms with Crippen molar-refractivity contribution in [3.63, 3.8) is 0 Å². The van der Waals surface area contributed by atoms with Crippen LogP contribution in [-0.4, -0.2) is 23.4 Å². The van der Waals surface area contributed by atoms with E-state index < -0.39 is 5.91 Å². The summed E-state index contributed by atoms with van der Waals surface area (Å²) in [4.78, 5) is 28.2.